The predicted molar refractivity (Wildman–Crippen MR) is 122 cm³/mol. The van der Waals surface area contributed by atoms with E-state index in [1.54, 1.807) is 25.7 Å². The molecule has 1 saturated heterocycles. The minimum absolute atomic E-state index is 0.0484. The number of carbonyl (C=O) groups is 3. The van der Waals surface area contributed by atoms with E-state index in [-0.39, 0.29) is 44.1 Å². The average molecular weight is 474 g/mol. The van der Waals surface area contributed by atoms with Crippen LogP contribution in [-0.4, -0.2) is 65.5 Å². The Labute approximate surface area is 197 Å². The Morgan fingerprint density at radius 1 is 0.941 bits per heavy atom. The summed E-state index contributed by atoms with van der Waals surface area (Å²) in [5, 5.41) is 2.68. The van der Waals surface area contributed by atoms with Crippen molar-refractivity contribution < 1.29 is 27.9 Å². The van der Waals surface area contributed by atoms with Gasteiger partial charge in [0.05, 0.1) is 0 Å². The van der Waals surface area contributed by atoms with Gasteiger partial charge in [0.1, 0.15) is 11.6 Å². The van der Waals surface area contributed by atoms with Crippen LogP contribution in [0.4, 0.5) is 13.6 Å². The lowest BCUT2D eigenvalue weighted by Crippen LogP contribution is -2.56. The van der Waals surface area contributed by atoms with Crippen LogP contribution in [0.15, 0.2) is 48.5 Å². The van der Waals surface area contributed by atoms with Crippen LogP contribution >= 0.6 is 0 Å². The highest BCUT2D eigenvalue weighted by molar-refractivity contribution is 5.94. The number of hydrogen-bond donors (Lipinski definition) is 1. The first-order valence-electron chi connectivity index (χ1n) is 11.1. The molecule has 2 aromatic carbocycles. The Kier molecular flexibility index (Phi) is 7.86. The third-order valence-electron chi connectivity index (χ3n) is 5.32. The molecule has 9 heteroatoms. The van der Waals surface area contributed by atoms with Crippen LogP contribution in [0, 0.1) is 11.6 Å². The van der Waals surface area contributed by atoms with E-state index in [9.17, 15) is 23.2 Å². The van der Waals surface area contributed by atoms with Gasteiger partial charge < -0.3 is 19.9 Å². The first-order valence-corrected chi connectivity index (χ1v) is 11.1. The second-order valence-corrected chi connectivity index (χ2v) is 9.13. The molecule has 0 aliphatic carbocycles. The second-order valence-electron chi connectivity index (χ2n) is 9.13. The molecule has 1 aliphatic heterocycles. The van der Waals surface area contributed by atoms with Crippen molar-refractivity contribution in [1.29, 1.82) is 0 Å². The van der Waals surface area contributed by atoms with Crippen LogP contribution in [0.2, 0.25) is 0 Å². The molecule has 1 fully saturated rings. The number of piperazine rings is 1. The highest BCUT2D eigenvalue weighted by Crippen LogP contribution is 2.15. The molecule has 0 radical (unpaired) electrons. The Morgan fingerprint density at radius 3 is 2.15 bits per heavy atom. The third kappa shape index (κ3) is 6.76. The minimum Gasteiger partial charge on any atom is -0.444 e. The van der Waals surface area contributed by atoms with Crippen molar-refractivity contribution in [3.05, 3.63) is 71.3 Å². The van der Waals surface area contributed by atoms with Crippen molar-refractivity contribution in [2.24, 2.45) is 0 Å². The lowest BCUT2D eigenvalue weighted by molar-refractivity contribution is -0.135. The number of ether oxygens (including phenoxy) is 1. The zero-order valence-electron chi connectivity index (χ0n) is 19.5. The van der Waals surface area contributed by atoms with Crippen molar-refractivity contribution in [2.45, 2.75) is 38.8 Å². The van der Waals surface area contributed by atoms with Crippen LogP contribution in [0.3, 0.4) is 0 Å². The number of hydrogen-bond acceptors (Lipinski definition) is 4. The molecule has 1 heterocycles. The monoisotopic (exact) mass is 473 g/mol. The Hall–Kier alpha value is -3.49. The number of rotatable bonds is 5. The lowest BCUT2D eigenvalue weighted by atomic mass is 10.0. The fourth-order valence-electron chi connectivity index (χ4n) is 3.66. The van der Waals surface area contributed by atoms with Crippen molar-refractivity contribution in [2.75, 3.05) is 26.2 Å². The summed E-state index contributed by atoms with van der Waals surface area (Å²) in [7, 11) is 0. The van der Waals surface area contributed by atoms with Gasteiger partial charge in [0.15, 0.2) is 11.6 Å². The molecule has 0 saturated carbocycles. The number of nitrogens with zero attached hydrogens (tertiary/aromatic N) is 2. The fraction of sp³-hybridized carbons (Fsp3) is 0.400. The van der Waals surface area contributed by atoms with E-state index in [1.165, 1.54) is 11.0 Å². The quantitative estimate of drug-likeness (QED) is 0.722. The molecule has 3 amide bonds. The van der Waals surface area contributed by atoms with E-state index >= 15 is 0 Å². The molecule has 1 unspecified atom stereocenters. The van der Waals surface area contributed by atoms with E-state index in [0.717, 1.165) is 17.7 Å². The fourth-order valence-corrected chi connectivity index (χ4v) is 3.66. The average Bonchev–Trinajstić information content (AvgIpc) is 2.79. The van der Waals surface area contributed by atoms with Crippen LogP contribution in [0.1, 0.15) is 36.7 Å². The van der Waals surface area contributed by atoms with E-state index in [2.05, 4.69) is 5.32 Å². The van der Waals surface area contributed by atoms with Gasteiger partial charge in [0.2, 0.25) is 5.91 Å². The normalized spacial score (nSPS) is 15.0. The standard InChI is InChI=1S/C25H29F2N3O4/c1-25(2,3)34-24(33)28-21(15-17-7-5-4-6-8-17)23(32)30-13-11-29(12-14-30)22(31)18-9-10-19(26)20(27)16-18/h4-10,16,21H,11-15H2,1-3H3,(H,28,33). The zero-order chi connectivity index (χ0) is 24.9. The summed E-state index contributed by atoms with van der Waals surface area (Å²) in [6.07, 6.45) is -0.402. The summed E-state index contributed by atoms with van der Waals surface area (Å²) in [6.45, 7) is 6.17. The maximum absolute atomic E-state index is 13.5. The summed E-state index contributed by atoms with van der Waals surface area (Å²) in [5.74, 6) is -2.82. The Balaban J connectivity index is 1.66. The highest BCUT2D eigenvalue weighted by atomic mass is 19.2. The summed E-state index contributed by atoms with van der Waals surface area (Å²) < 4.78 is 32.0. The molecule has 1 atom stereocenters. The second kappa shape index (κ2) is 10.6. The molecule has 0 aromatic heterocycles. The van der Waals surface area contributed by atoms with E-state index in [0.29, 0.717) is 0 Å². The smallest absolute Gasteiger partial charge is 0.408 e. The van der Waals surface area contributed by atoms with Crippen LogP contribution < -0.4 is 5.32 Å². The molecule has 3 rings (SSSR count). The molecule has 182 valence electrons. The number of benzene rings is 2. The Bertz CT molecular complexity index is 1030. The molecular formula is C25H29F2N3O4. The minimum atomic E-state index is -1.09. The molecule has 1 N–H and O–H groups in total. The van der Waals surface area contributed by atoms with Gasteiger partial charge in [0.25, 0.3) is 5.91 Å². The van der Waals surface area contributed by atoms with Crippen molar-refractivity contribution in [3.63, 3.8) is 0 Å². The largest absolute Gasteiger partial charge is 0.444 e. The molecule has 7 nitrogen and oxygen atoms in total. The van der Waals surface area contributed by atoms with E-state index in [1.807, 2.05) is 30.3 Å². The topological polar surface area (TPSA) is 79.0 Å². The Morgan fingerprint density at radius 2 is 1.56 bits per heavy atom. The number of amides is 3. The van der Waals surface area contributed by atoms with Gasteiger partial charge in [-0.15, -0.1) is 0 Å². The first kappa shape index (κ1) is 25.1. The van der Waals surface area contributed by atoms with Crippen molar-refractivity contribution in [1.82, 2.24) is 15.1 Å². The summed E-state index contributed by atoms with van der Waals surface area (Å²) in [5.41, 5.74) is 0.215. The van der Waals surface area contributed by atoms with Gasteiger partial charge in [-0.3, -0.25) is 9.59 Å². The van der Waals surface area contributed by atoms with Gasteiger partial charge >= 0.3 is 6.09 Å². The molecule has 2 aromatic rings. The van der Waals surface area contributed by atoms with Gasteiger partial charge in [-0.1, -0.05) is 30.3 Å². The van der Waals surface area contributed by atoms with Crippen LogP contribution in [-0.2, 0) is 16.0 Å². The molecule has 0 bridgehead atoms. The van der Waals surface area contributed by atoms with Crippen LogP contribution in [0.5, 0.6) is 0 Å². The molecule has 1 aliphatic rings. The van der Waals surface area contributed by atoms with E-state index in [4.69, 9.17) is 4.74 Å². The number of carbonyl (C=O) groups excluding carboxylic acids is 3. The van der Waals surface area contributed by atoms with Crippen molar-refractivity contribution in [3.8, 4) is 0 Å². The van der Waals surface area contributed by atoms with E-state index < -0.39 is 35.3 Å². The summed E-state index contributed by atoms with van der Waals surface area (Å²) in [4.78, 5) is 41.4. The number of alkyl carbamates (subject to hydrolysis) is 1. The first-order chi connectivity index (χ1) is 16.0. The third-order valence-corrected chi connectivity index (χ3v) is 5.32. The SMILES string of the molecule is CC(C)(C)OC(=O)NC(Cc1ccccc1)C(=O)N1CCN(C(=O)c2ccc(F)c(F)c2)CC1. The zero-order valence-corrected chi connectivity index (χ0v) is 19.5. The van der Waals surface area contributed by atoms with Crippen molar-refractivity contribution >= 4 is 17.9 Å². The van der Waals surface area contributed by atoms with Gasteiger partial charge in [0, 0.05) is 38.2 Å². The number of nitrogens with one attached hydrogen (secondary N) is 1. The molecular weight excluding hydrogens is 444 g/mol. The number of halogens is 2. The predicted octanol–water partition coefficient (Wildman–Crippen LogP) is 3.39. The van der Waals surface area contributed by atoms with Crippen LogP contribution in [0.25, 0.3) is 0 Å². The highest BCUT2D eigenvalue weighted by Gasteiger charge is 2.31. The van der Waals surface area contributed by atoms with Gasteiger partial charge in [-0.05, 0) is 44.5 Å². The van der Waals surface area contributed by atoms with Gasteiger partial charge in [-0.25, -0.2) is 13.6 Å². The van der Waals surface area contributed by atoms with Gasteiger partial charge in [-0.2, -0.15) is 0 Å². The molecule has 0 spiro atoms. The molecule has 34 heavy (non-hydrogen) atoms. The maximum Gasteiger partial charge on any atom is 0.408 e. The lowest BCUT2D eigenvalue weighted by Gasteiger charge is -2.36. The summed E-state index contributed by atoms with van der Waals surface area (Å²) >= 11 is 0. The summed E-state index contributed by atoms with van der Waals surface area (Å²) in [6, 6.07) is 11.5. The maximum atomic E-state index is 13.5.